The SMILES string of the molecule is CN(C)CCN1CCN(C(=O)C2(CN)CCCCC2)CC1. The molecule has 5 heteroatoms. The van der Waals surface area contributed by atoms with E-state index in [1.54, 1.807) is 0 Å². The number of likely N-dealkylation sites (N-methyl/N-ethyl adjacent to an activating group) is 1. The molecule has 0 atom stereocenters. The molecule has 1 amide bonds. The third-order valence-electron chi connectivity index (χ3n) is 5.18. The highest BCUT2D eigenvalue weighted by Gasteiger charge is 2.41. The van der Waals surface area contributed by atoms with Gasteiger partial charge in [0.1, 0.15) is 0 Å². The van der Waals surface area contributed by atoms with E-state index < -0.39 is 0 Å². The lowest BCUT2D eigenvalue weighted by Gasteiger charge is -2.42. The second-order valence-electron chi connectivity index (χ2n) is 6.98. The number of amides is 1. The summed E-state index contributed by atoms with van der Waals surface area (Å²) in [6.45, 7) is 6.44. The molecule has 0 spiro atoms. The van der Waals surface area contributed by atoms with Crippen molar-refractivity contribution in [1.82, 2.24) is 14.7 Å². The average molecular weight is 296 g/mol. The van der Waals surface area contributed by atoms with Crippen LogP contribution in [0, 0.1) is 5.41 Å². The summed E-state index contributed by atoms with van der Waals surface area (Å²) in [6, 6.07) is 0. The molecule has 0 aromatic rings. The van der Waals surface area contributed by atoms with Crippen molar-refractivity contribution in [3.05, 3.63) is 0 Å². The van der Waals surface area contributed by atoms with Crippen molar-refractivity contribution in [2.75, 3.05) is 59.9 Å². The predicted octanol–water partition coefficient (Wildman–Crippen LogP) is 0.601. The summed E-state index contributed by atoms with van der Waals surface area (Å²) in [4.78, 5) is 19.6. The first-order valence-electron chi connectivity index (χ1n) is 8.44. The summed E-state index contributed by atoms with van der Waals surface area (Å²) in [5.74, 6) is 0.331. The van der Waals surface area contributed by atoms with Crippen molar-refractivity contribution >= 4 is 5.91 Å². The molecule has 2 aliphatic rings. The highest BCUT2D eigenvalue weighted by atomic mass is 16.2. The highest BCUT2D eigenvalue weighted by Crippen LogP contribution is 2.37. The largest absolute Gasteiger partial charge is 0.340 e. The molecule has 1 aliphatic carbocycles. The number of nitrogens with zero attached hydrogens (tertiary/aromatic N) is 3. The minimum Gasteiger partial charge on any atom is -0.340 e. The van der Waals surface area contributed by atoms with Crippen molar-refractivity contribution in [1.29, 1.82) is 0 Å². The minimum absolute atomic E-state index is 0.246. The summed E-state index contributed by atoms with van der Waals surface area (Å²) < 4.78 is 0. The van der Waals surface area contributed by atoms with Gasteiger partial charge in [-0.05, 0) is 26.9 Å². The fourth-order valence-corrected chi connectivity index (χ4v) is 3.59. The summed E-state index contributed by atoms with van der Waals surface area (Å²) in [5, 5.41) is 0. The van der Waals surface area contributed by atoms with Crippen molar-refractivity contribution in [3.8, 4) is 0 Å². The Hall–Kier alpha value is -0.650. The molecule has 1 heterocycles. The first kappa shape index (κ1) is 16.7. The van der Waals surface area contributed by atoms with E-state index >= 15 is 0 Å². The van der Waals surface area contributed by atoms with Gasteiger partial charge in [0, 0.05) is 45.8 Å². The van der Waals surface area contributed by atoms with E-state index in [0.717, 1.165) is 65.0 Å². The van der Waals surface area contributed by atoms with Gasteiger partial charge in [-0.25, -0.2) is 0 Å². The second-order valence-corrected chi connectivity index (χ2v) is 6.98. The maximum atomic E-state index is 12.9. The van der Waals surface area contributed by atoms with Gasteiger partial charge in [-0.15, -0.1) is 0 Å². The number of nitrogens with two attached hydrogens (primary N) is 1. The Kier molecular flexibility index (Phi) is 6.02. The van der Waals surface area contributed by atoms with Gasteiger partial charge in [0.25, 0.3) is 0 Å². The molecular weight excluding hydrogens is 264 g/mol. The van der Waals surface area contributed by atoms with E-state index in [0.29, 0.717) is 12.5 Å². The Morgan fingerprint density at radius 2 is 1.71 bits per heavy atom. The molecule has 2 N–H and O–H groups in total. The number of hydrogen-bond donors (Lipinski definition) is 1. The van der Waals surface area contributed by atoms with Gasteiger partial charge in [-0.2, -0.15) is 0 Å². The van der Waals surface area contributed by atoms with Gasteiger partial charge < -0.3 is 15.5 Å². The van der Waals surface area contributed by atoms with Crippen LogP contribution in [-0.4, -0.2) is 80.5 Å². The minimum atomic E-state index is -0.246. The van der Waals surface area contributed by atoms with E-state index in [9.17, 15) is 4.79 Å². The molecule has 21 heavy (non-hydrogen) atoms. The zero-order chi connectivity index (χ0) is 15.3. The molecule has 1 saturated heterocycles. The number of piperazine rings is 1. The zero-order valence-electron chi connectivity index (χ0n) is 13.8. The first-order chi connectivity index (χ1) is 10.1. The molecule has 0 aromatic carbocycles. The molecule has 2 fully saturated rings. The van der Waals surface area contributed by atoms with Crippen molar-refractivity contribution in [2.45, 2.75) is 32.1 Å². The molecule has 0 aromatic heterocycles. The fourth-order valence-electron chi connectivity index (χ4n) is 3.59. The van der Waals surface area contributed by atoms with E-state index in [-0.39, 0.29) is 5.41 Å². The molecule has 0 unspecified atom stereocenters. The molecule has 0 bridgehead atoms. The fraction of sp³-hybridized carbons (Fsp3) is 0.938. The van der Waals surface area contributed by atoms with Crippen LogP contribution < -0.4 is 5.73 Å². The number of hydrogen-bond acceptors (Lipinski definition) is 4. The maximum Gasteiger partial charge on any atom is 0.230 e. The van der Waals surface area contributed by atoms with Crippen molar-refractivity contribution < 1.29 is 4.79 Å². The van der Waals surface area contributed by atoms with Crippen LogP contribution in [0.15, 0.2) is 0 Å². The predicted molar refractivity (Wildman–Crippen MR) is 86.1 cm³/mol. The Labute approximate surface area is 129 Å². The van der Waals surface area contributed by atoms with Gasteiger partial charge >= 0.3 is 0 Å². The molecule has 1 saturated carbocycles. The lowest BCUT2D eigenvalue weighted by atomic mass is 9.73. The van der Waals surface area contributed by atoms with Crippen LogP contribution in [0.2, 0.25) is 0 Å². The average Bonchev–Trinajstić information content (AvgIpc) is 2.53. The Morgan fingerprint density at radius 1 is 1.10 bits per heavy atom. The standard InChI is InChI=1S/C16H32N4O/c1-18(2)8-9-19-10-12-20(13-11-19)15(21)16(14-17)6-4-3-5-7-16/h3-14,17H2,1-2H3. The van der Waals surface area contributed by atoms with Crippen LogP contribution >= 0.6 is 0 Å². The monoisotopic (exact) mass is 296 g/mol. The normalized spacial score (nSPS) is 23.5. The van der Waals surface area contributed by atoms with Crippen molar-refractivity contribution in [2.24, 2.45) is 11.1 Å². The lowest BCUT2D eigenvalue weighted by Crippen LogP contribution is -2.56. The van der Waals surface area contributed by atoms with Crippen LogP contribution in [-0.2, 0) is 4.79 Å². The maximum absolute atomic E-state index is 12.9. The topological polar surface area (TPSA) is 52.8 Å². The van der Waals surface area contributed by atoms with Gasteiger partial charge in [0.05, 0.1) is 5.41 Å². The number of rotatable bonds is 5. The van der Waals surface area contributed by atoms with E-state index in [4.69, 9.17) is 5.73 Å². The van der Waals surface area contributed by atoms with Gasteiger partial charge in [0.2, 0.25) is 5.91 Å². The summed E-state index contributed by atoms with van der Waals surface area (Å²) in [5.41, 5.74) is 5.74. The Morgan fingerprint density at radius 3 is 2.24 bits per heavy atom. The van der Waals surface area contributed by atoms with Crippen LogP contribution in [0.3, 0.4) is 0 Å². The van der Waals surface area contributed by atoms with E-state index in [1.807, 2.05) is 0 Å². The highest BCUT2D eigenvalue weighted by molar-refractivity contribution is 5.83. The lowest BCUT2D eigenvalue weighted by molar-refractivity contribution is -0.145. The first-order valence-corrected chi connectivity index (χ1v) is 8.44. The molecule has 0 radical (unpaired) electrons. The molecular formula is C16H32N4O. The summed E-state index contributed by atoms with van der Waals surface area (Å²) in [6.07, 6.45) is 5.55. The molecule has 2 rings (SSSR count). The van der Waals surface area contributed by atoms with E-state index in [1.165, 1.54) is 6.42 Å². The summed E-state index contributed by atoms with van der Waals surface area (Å²) >= 11 is 0. The van der Waals surface area contributed by atoms with Crippen LogP contribution in [0.5, 0.6) is 0 Å². The summed E-state index contributed by atoms with van der Waals surface area (Å²) in [7, 11) is 4.21. The quantitative estimate of drug-likeness (QED) is 0.807. The van der Waals surface area contributed by atoms with Crippen LogP contribution in [0.25, 0.3) is 0 Å². The second kappa shape index (κ2) is 7.56. The zero-order valence-corrected chi connectivity index (χ0v) is 13.8. The van der Waals surface area contributed by atoms with Gasteiger partial charge in [-0.1, -0.05) is 19.3 Å². The third kappa shape index (κ3) is 4.18. The van der Waals surface area contributed by atoms with Gasteiger partial charge in [0.15, 0.2) is 0 Å². The molecule has 122 valence electrons. The van der Waals surface area contributed by atoms with Crippen molar-refractivity contribution in [3.63, 3.8) is 0 Å². The van der Waals surface area contributed by atoms with E-state index in [2.05, 4.69) is 28.8 Å². The smallest absolute Gasteiger partial charge is 0.230 e. The Bertz CT molecular complexity index is 331. The molecule has 1 aliphatic heterocycles. The number of carbonyl (C=O) groups is 1. The van der Waals surface area contributed by atoms with Crippen LogP contribution in [0.1, 0.15) is 32.1 Å². The molecule has 5 nitrogen and oxygen atoms in total. The third-order valence-corrected chi connectivity index (χ3v) is 5.18. The van der Waals surface area contributed by atoms with Crippen LogP contribution in [0.4, 0.5) is 0 Å². The van der Waals surface area contributed by atoms with Gasteiger partial charge in [-0.3, -0.25) is 9.69 Å². The number of carbonyl (C=O) groups excluding carboxylic acids is 1. The Balaban J connectivity index is 1.84.